The lowest BCUT2D eigenvalue weighted by Gasteiger charge is -2.07. The minimum atomic E-state index is -0.258. The average molecular weight is 271 g/mol. The van der Waals surface area contributed by atoms with Crippen molar-refractivity contribution in [2.24, 2.45) is 0 Å². The molecule has 0 N–H and O–H groups in total. The number of benzene rings is 1. The average Bonchev–Trinajstić information content (AvgIpc) is 2.84. The number of Topliss-reactive ketones (excluding diaryl/α,β-unsaturated/α-hetero) is 1. The summed E-state index contributed by atoms with van der Waals surface area (Å²) in [6.45, 7) is -0.145. The summed E-state index contributed by atoms with van der Waals surface area (Å²) in [5.74, 6) is 0.369. The van der Waals surface area contributed by atoms with E-state index in [0.717, 1.165) is 0 Å². The van der Waals surface area contributed by atoms with E-state index in [1.807, 2.05) is 0 Å². The summed E-state index contributed by atoms with van der Waals surface area (Å²) in [5, 5.41) is 0.677. The quantitative estimate of drug-likeness (QED) is 0.793. The van der Waals surface area contributed by atoms with Gasteiger partial charge in [-0.05, 0) is 24.3 Å². The Morgan fingerprint density at radius 3 is 2.76 bits per heavy atom. The Balaban J connectivity index is 2.03. The van der Waals surface area contributed by atoms with Crippen molar-refractivity contribution >= 4 is 29.0 Å². The van der Waals surface area contributed by atoms with E-state index in [4.69, 9.17) is 32.4 Å². The molecule has 0 saturated carbocycles. The van der Waals surface area contributed by atoms with Crippen LogP contribution < -0.4 is 4.74 Å². The summed E-state index contributed by atoms with van der Waals surface area (Å²) in [6.07, 6.45) is 1.43. The third kappa shape index (κ3) is 2.81. The zero-order valence-electron chi connectivity index (χ0n) is 8.65. The Bertz CT molecular complexity index is 521. The van der Waals surface area contributed by atoms with Crippen molar-refractivity contribution < 1.29 is 13.9 Å². The number of furan rings is 1. The van der Waals surface area contributed by atoms with Crippen LogP contribution in [0.15, 0.2) is 41.0 Å². The summed E-state index contributed by atoms with van der Waals surface area (Å²) in [4.78, 5) is 11.6. The van der Waals surface area contributed by atoms with Gasteiger partial charge in [-0.3, -0.25) is 4.79 Å². The van der Waals surface area contributed by atoms with Gasteiger partial charge in [0.1, 0.15) is 10.8 Å². The van der Waals surface area contributed by atoms with Crippen LogP contribution in [0.25, 0.3) is 0 Å². The number of carbonyl (C=O) groups excluding carboxylic acids is 1. The number of carbonyl (C=O) groups is 1. The van der Waals surface area contributed by atoms with Gasteiger partial charge in [-0.25, -0.2) is 0 Å². The van der Waals surface area contributed by atoms with Gasteiger partial charge in [-0.1, -0.05) is 29.3 Å². The Labute approximate surface area is 108 Å². The molecular formula is C12H8Cl2O3. The molecule has 0 fully saturated rings. The largest absolute Gasteiger partial charge is 0.484 e. The van der Waals surface area contributed by atoms with Gasteiger partial charge in [0.15, 0.2) is 12.4 Å². The third-order valence-electron chi connectivity index (χ3n) is 2.07. The van der Waals surface area contributed by atoms with Crippen LogP contribution in [0.2, 0.25) is 10.0 Å². The highest BCUT2D eigenvalue weighted by molar-refractivity contribution is 6.42. The minimum Gasteiger partial charge on any atom is -0.484 e. The van der Waals surface area contributed by atoms with Gasteiger partial charge in [0.05, 0.1) is 11.3 Å². The number of rotatable bonds is 4. The fraction of sp³-hybridized carbons (Fsp3) is 0.0833. The number of hydrogen-bond donors (Lipinski definition) is 0. The van der Waals surface area contributed by atoms with E-state index in [0.29, 0.717) is 15.8 Å². The zero-order chi connectivity index (χ0) is 12.3. The van der Waals surface area contributed by atoms with Crippen LogP contribution in [-0.2, 0) is 0 Å². The van der Waals surface area contributed by atoms with Crippen molar-refractivity contribution in [2.45, 2.75) is 0 Å². The molecule has 0 amide bonds. The molecule has 0 radical (unpaired) electrons. The lowest BCUT2D eigenvalue weighted by Crippen LogP contribution is -2.10. The number of ketones is 1. The van der Waals surface area contributed by atoms with Crippen LogP contribution in [0, 0.1) is 0 Å². The fourth-order valence-corrected chi connectivity index (χ4v) is 1.59. The molecule has 0 unspecified atom stereocenters. The summed E-state index contributed by atoms with van der Waals surface area (Å²) in [7, 11) is 0. The molecule has 0 spiro atoms. The van der Waals surface area contributed by atoms with Crippen LogP contribution in [0.5, 0.6) is 5.75 Å². The SMILES string of the molecule is O=C(COc1cccc(Cl)c1Cl)c1ccco1. The molecule has 0 aliphatic rings. The Hall–Kier alpha value is -1.45. The van der Waals surface area contributed by atoms with E-state index in [-0.39, 0.29) is 18.2 Å². The minimum absolute atomic E-state index is 0.145. The second-order valence-electron chi connectivity index (χ2n) is 3.24. The molecule has 1 aromatic carbocycles. The predicted molar refractivity (Wildman–Crippen MR) is 65.0 cm³/mol. The van der Waals surface area contributed by atoms with Gasteiger partial charge < -0.3 is 9.15 Å². The van der Waals surface area contributed by atoms with Crippen LogP contribution in [0.3, 0.4) is 0 Å². The normalized spacial score (nSPS) is 10.2. The van der Waals surface area contributed by atoms with Gasteiger partial charge in [0.25, 0.3) is 0 Å². The second-order valence-corrected chi connectivity index (χ2v) is 4.03. The van der Waals surface area contributed by atoms with Crippen LogP contribution in [-0.4, -0.2) is 12.4 Å². The molecule has 1 aromatic heterocycles. The van der Waals surface area contributed by atoms with Crippen molar-refractivity contribution in [3.05, 3.63) is 52.4 Å². The highest BCUT2D eigenvalue weighted by Crippen LogP contribution is 2.31. The highest BCUT2D eigenvalue weighted by atomic mass is 35.5. The molecule has 88 valence electrons. The summed E-state index contributed by atoms with van der Waals surface area (Å²) in [5.41, 5.74) is 0. The Kier molecular flexibility index (Phi) is 3.71. The lowest BCUT2D eigenvalue weighted by molar-refractivity contribution is 0.0894. The first-order chi connectivity index (χ1) is 8.18. The van der Waals surface area contributed by atoms with Gasteiger partial charge in [0.2, 0.25) is 5.78 Å². The van der Waals surface area contributed by atoms with E-state index < -0.39 is 0 Å². The summed E-state index contributed by atoms with van der Waals surface area (Å²) >= 11 is 11.7. The highest BCUT2D eigenvalue weighted by Gasteiger charge is 2.11. The second kappa shape index (κ2) is 5.25. The predicted octanol–water partition coefficient (Wildman–Crippen LogP) is 3.85. The van der Waals surface area contributed by atoms with Crippen molar-refractivity contribution in [3.8, 4) is 5.75 Å². The van der Waals surface area contributed by atoms with Gasteiger partial charge in [-0.15, -0.1) is 0 Å². The molecule has 1 heterocycles. The first-order valence-corrected chi connectivity index (χ1v) is 5.57. The lowest BCUT2D eigenvalue weighted by atomic mass is 10.3. The standard InChI is InChI=1S/C12H8Cl2O3/c13-8-3-1-4-11(12(8)14)17-7-9(15)10-5-2-6-16-10/h1-6H,7H2. The van der Waals surface area contributed by atoms with Crippen LogP contribution in [0.1, 0.15) is 10.6 Å². The molecule has 5 heteroatoms. The smallest absolute Gasteiger partial charge is 0.235 e. The maximum absolute atomic E-state index is 11.6. The Morgan fingerprint density at radius 2 is 2.06 bits per heavy atom. The maximum atomic E-state index is 11.6. The number of ether oxygens (including phenoxy) is 1. The van der Waals surface area contributed by atoms with Gasteiger partial charge >= 0.3 is 0 Å². The fourth-order valence-electron chi connectivity index (χ4n) is 1.25. The molecule has 0 aliphatic heterocycles. The first-order valence-electron chi connectivity index (χ1n) is 4.82. The van der Waals surface area contributed by atoms with E-state index in [1.54, 1.807) is 30.3 Å². The maximum Gasteiger partial charge on any atom is 0.235 e. The van der Waals surface area contributed by atoms with E-state index in [2.05, 4.69) is 0 Å². The van der Waals surface area contributed by atoms with Crippen molar-refractivity contribution in [1.29, 1.82) is 0 Å². The number of halogens is 2. The van der Waals surface area contributed by atoms with E-state index in [1.165, 1.54) is 6.26 Å². The van der Waals surface area contributed by atoms with Crippen molar-refractivity contribution in [1.82, 2.24) is 0 Å². The monoisotopic (exact) mass is 270 g/mol. The molecule has 0 atom stereocenters. The van der Waals surface area contributed by atoms with Crippen molar-refractivity contribution in [2.75, 3.05) is 6.61 Å². The summed E-state index contributed by atoms with van der Waals surface area (Å²) < 4.78 is 10.2. The molecular weight excluding hydrogens is 263 g/mol. The first kappa shape index (κ1) is 12.0. The molecule has 17 heavy (non-hydrogen) atoms. The molecule has 0 bridgehead atoms. The van der Waals surface area contributed by atoms with Gasteiger partial charge in [-0.2, -0.15) is 0 Å². The topological polar surface area (TPSA) is 39.4 Å². The Morgan fingerprint density at radius 1 is 1.24 bits per heavy atom. The molecule has 2 rings (SSSR count). The van der Waals surface area contributed by atoms with E-state index >= 15 is 0 Å². The summed E-state index contributed by atoms with van der Waals surface area (Å²) in [6, 6.07) is 8.19. The molecule has 0 aliphatic carbocycles. The zero-order valence-corrected chi connectivity index (χ0v) is 10.2. The van der Waals surface area contributed by atoms with Crippen LogP contribution >= 0.6 is 23.2 Å². The van der Waals surface area contributed by atoms with Crippen molar-refractivity contribution in [3.63, 3.8) is 0 Å². The van der Waals surface area contributed by atoms with Gasteiger partial charge in [0, 0.05) is 0 Å². The third-order valence-corrected chi connectivity index (χ3v) is 2.87. The van der Waals surface area contributed by atoms with Crippen LogP contribution in [0.4, 0.5) is 0 Å². The van der Waals surface area contributed by atoms with E-state index in [9.17, 15) is 4.79 Å². The number of hydrogen-bond acceptors (Lipinski definition) is 3. The molecule has 0 saturated heterocycles. The molecule has 3 nitrogen and oxygen atoms in total. The molecule has 2 aromatic rings.